The van der Waals surface area contributed by atoms with E-state index in [1.54, 1.807) is 13.0 Å². The monoisotopic (exact) mass is 317 g/mol. The topological polar surface area (TPSA) is 66.4 Å². The highest BCUT2D eigenvalue weighted by Crippen LogP contribution is 2.18. The zero-order valence-corrected chi connectivity index (χ0v) is 13.6. The number of rotatable bonds is 8. The second-order valence-electron chi connectivity index (χ2n) is 5.79. The van der Waals surface area contributed by atoms with Crippen molar-refractivity contribution in [3.63, 3.8) is 0 Å². The molecular formula is C15H24FNO3S. The Bertz CT molecular complexity index is 558. The standard InChI is InChI=1S/C15H24FNO3S/c1-11(2)8-13(6-7-18)10-17-21(19,20)15-5-4-12(3)9-14(15)16/h4-5,9,11,13,17-18H,6-8,10H2,1-3H3. The smallest absolute Gasteiger partial charge is 0.243 e. The molecule has 120 valence electrons. The highest BCUT2D eigenvalue weighted by Gasteiger charge is 2.21. The van der Waals surface area contributed by atoms with Gasteiger partial charge >= 0.3 is 0 Å². The molecule has 0 saturated heterocycles. The number of hydrogen-bond donors (Lipinski definition) is 2. The number of sulfonamides is 1. The normalized spacial score (nSPS) is 13.6. The summed E-state index contributed by atoms with van der Waals surface area (Å²) in [7, 11) is -3.86. The van der Waals surface area contributed by atoms with Crippen LogP contribution in [-0.2, 0) is 10.0 Å². The average Bonchev–Trinajstić information content (AvgIpc) is 2.35. The van der Waals surface area contributed by atoms with E-state index in [2.05, 4.69) is 4.72 Å². The van der Waals surface area contributed by atoms with Gasteiger partial charge in [0.15, 0.2) is 0 Å². The molecule has 0 aromatic heterocycles. The number of nitrogens with one attached hydrogen (secondary N) is 1. The lowest BCUT2D eigenvalue weighted by Gasteiger charge is -2.18. The van der Waals surface area contributed by atoms with Crippen molar-refractivity contribution in [3.8, 4) is 0 Å². The van der Waals surface area contributed by atoms with Gasteiger partial charge in [-0.15, -0.1) is 0 Å². The lowest BCUT2D eigenvalue weighted by atomic mass is 9.95. The molecule has 0 radical (unpaired) electrons. The molecule has 1 rings (SSSR count). The molecule has 4 nitrogen and oxygen atoms in total. The molecule has 0 bridgehead atoms. The molecule has 6 heteroatoms. The van der Waals surface area contributed by atoms with Crippen molar-refractivity contribution in [3.05, 3.63) is 29.6 Å². The maximum Gasteiger partial charge on any atom is 0.243 e. The number of aliphatic hydroxyl groups excluding tert-OH is 1. The third-order valence-corrected chi connectivity index (χ3v) is 4.74. The van der Waals surface area contributed by atoms with E-state index in [1.165, 1.54) is 12.1 Å². The van der Waals surface area contributed by atoms with Crippen LogP contribution < -0.4 is 4.72 Å². The summed E-state index contributed by atoms with van der Waals surface area (Å²) in [5, 5.41) is 9.03. The second-order valence-corrected chi connectivity index (χ2v) is 7.53. The average molecular weight is 317 g/mol. The van der Waals surface area contributed by atoms with Gasteiger partial charge in [0.05, 0.1) is 0 Å². The van der Waals surface area contributed by atoms with Crippen LogP contribution in [0.5, 0.6) is 0 Å². The van der Waals surface area contributed by atoms with Gasteiger partial charge in [-0.25, -0.2) is 17.5 Å². The zero-order chi connectivity index (χ0) is 16.0. The zero-order valence-electron chi connectivity index (χ0n) is 12.8. The predicted octanol–water partition coefficient (Wildman–Crippen LogP) is 2.46. The minimum atomic E-state index is -3.86. The van der Waals surface area contributed by atoms with E-state index >= 15 is 0 Å². The van der Waals surface area contributed by atoms with E-state index in [0.29, 0.717) is 17.9 Å². The highest BCUT2D eigenvalue weighted by molar-refractivity contribution is 7.89. The second kappa shape index (κ2) is 7.87. The summed E-state index contributed by atoms with van der Waals surface area (Å²) in [6.07, 6.45) is 1.33. The van der Waals surface area contributed by atoms with Crippen LogP contribution >= 0.6 is 0 Å². The van der Waals surface area contributed by atoms with Gasteiger partial charge < -0.3 is 5.11 Å². The van der Waals surface area contributed by atoms with Crippen molar-refractivity contribution in [2.75, 3.05) is 13.2 Å². The summed E-state index contributed by atoms with van der Waals surface area (Å²) in [6.45, 7) is 6.00. The summed E-state index contributed by atoms with van der Waals surface area (Å²) in [6, 6.07) is 4.04. The SMILES string of the molecule is Cc1ccc(S(=O)(=O)NCC(CCO)CC(C)C)c(F)c1. The van der Waals surface area contributed by atoms with E-state index < -0.39 is 15.8 Å². The third-order valence-electron chi connectivity index (χ3n) is 3.28. The van der Waals surface area contributed by atoms with E-state index in [4.69, 9.17) is 5.11 Å². The third kappa shape index (κ3) is 5.73. The number of benzene rings is 1. The molecule has 0 amide bonds. The molecule has 0 heterocycles. The Hall–Kier alpha value is -0.980. The number of hydrogen-bond acceptors (Lipinski definition) is 3. The molecule has 0 spiro atoms. The van der Waals surface area contributed by atoms with Gasteiger partial charge in [0, 0.05) is 13.2 Å². The van der Waals surface area contributed by atoms with Crippen LogP contribution in [0.2, 0.25) is 0 Å². The molecule has 0 aliphatic rings. The number of aliphatic hydroxyl groups is 1. The Labute approximate surface area is 126 Å². The fraction of sp³-hybridized carbons (Fsp3) is 0.600. The molecule has 0 saturated carbocycles. The number of aryl methyl sites for hydroxylation is 1. The Morgan fingerprint density at radius 3 is 2.52 bits per heavy atom. The van der Waals surface area contributed by atoms with Crippen molar-refractivity contribution >= 4 is 10.0 Å². The molecule has 1 atom stereocenters. The van der Waals surface area contributed by atoms with Crippen LogP contribution in [-0.4, -0.2) is 26.7 Å². The number of halogens is 1. The fourth-order valence-electron chi connectivity index (χ4n) is 2.28. The van der Waals surface area contributed by atoms with Crippen molar-refractivity contribution in [2.24, 2.45) is 11.8 Å². The summed E-state index contributed by atoms with van der Waals surface area (Å²) in [5.74, 6) is -0.300. The summed E-state index contributed by atoms with van der Waals surface area (Å²) in [4.78, 5) is -0.333. The maximum absolute atomic E-state index is 13.8. The first kappa shape index (κ1) is 18.1. The molecule has 1 unspecified atom stereocenters. The fourth-order valence-corrected chi connectivity index (χ4v) is 3.46. The summed E-state index contributed by atoms with van der Waals surface area (Å²) in [5.41, 5.74) is 0.671. The summed E-state index contributed by atoms with van der Waals surface area (Å²) >= 11 is 0. The Morgan fingerprint density at radius 2 is 2.00 bits per heavy atom. The molecule has 0 aliphatic carbocycles. The van der Waals surface area contributed by atoms with Gasteiger partial charge in [-0.1, -0.05) is 19.9 Å². The van der Waals surface area contributed by atoms with Gasteiger partial charge in [0.25, 0.3) is 0 Å². The predicted molar refractivity (Wildman–Crippen MR) is 81.0 cm³/mol. The van der Waals surface area contributed by atoms with Gasteiger partial charge in [-0.3, -0.25) is 0 Å². The van der Waals surface area contributed by atoms with Crippen LogP contribution in [0.1, 0.15) is 32.3 Å². The van der Waals surface area contributed by atoms with Crippen LogP contribution in [0.25, 0.3) is 0 Å². The molecular weight excluding hydrogens is 293 g/mol. The first-order chi connectivity index (χ1) is 9.76. The molecule has 0 fully saturated rings. The Balaban J connectivity index is 2.79. The van der Waals surface area contributed by atoms with Crippen molar-refractivity contribution in [1.29, 1.82) is 0 Å². The van der Waals surface area contributed by atoms with Crippen LogP contribution in [0.15, 0.2) is 23.1 Å². The van der Waals surface area contributed by atoms with Gasteiger partial charge in [0.1, 0.15) is 10.7 Å². The Morgan fingerprint density at radius 1 is 1.33 bits per heavy atom. The molecule has 0 aliphatic heterocycles. The minimum Gasteiger partial charge on any atom is -0.396 e. The lowest BCUT2D eigenvalue weighted by Crippen LogP contribution is -2.31. The van der Waals surface area contributed by atoms with E-state index in [-0.39, 0.29) is 24.0 Å². The molecule has 1 aromatic carbocycles. The van der Waals surface area contributed by atoms with Gasteiger partial charge in [-0.2, -0.15) is 0 Å². The van der Waals surface area contributed by atoms with Crippen molar-refractivity contribution in [1.82, 2.24) is 4.72 Å². The van der Waals surface area contributed by atoms with E-state index in [1.807, 2.05) is 13.8 Å². The molecule has 2 N–H and O–H groups in total. The van der Waals surface area contributed by atoms with Crippen LogP contribution in [0.4, 0.5) is 4.39 Å². The first-order valence-electron chi connectivity index (χ1n) is 7.13. The van der Waals surface area contributed by atoms with Gasteiger partial charge in [0.2, 0.25) is 10.0 Å². The van der Waals surface area contributed by atoms with Crippen molar-refractivity contribution in [2.45, 2.75) is 38.5 Å². The van der Waals surface area contributed by atoms with Crippen molar-refractivity contribution < 1.29 is 17.9 Å². The largest absolute Gasteiger partial charge is 0.396 e. The van der Waals surface area contributed by atoms with Crippen LogP contribution in [0, 0.1) is 24.6 Å². The van der Waals surface area contributed by atoms with Gasteiger partial charge in [-0.05, 0) is 49.3 Å². The lowest BCUT2D eigenvalue weighted by molar-refractivity contribution is 0.243. The van der Waals surface area contributed by atoms with Crippen LogP contribution in [0.3, 0.4) is 0 Å². The summed E-state index contributed by atoms with van der Waals surface area (Å²) < 4.78 is 40.5. The first-order valence-corrected chi connectivity index (χ1v) is 8.61. The molecule has 21 heavy (non-hydrogen) atoms. The maximum atomic E-state index is 13.8. The Kier molecular flexibility index (Phi) is 6.77. The van der Waals surface area contributed by atoms with E-state index in [9.17, 15) is 12.8 Å². The minimum absolute atomic E-state index is 0.0119. The quantitative estimate of drug-likeness (QED) is 0.774. The van der Waals surface area contributed by atoms with E-state index in [0.717, 1.165) is 6.42 Å². The highest BCUT2D eigenvalue weighted by atomic mass is 32.2. The molecule has 1 aromatic rings.